The Labute approximate surface area is 595 Å². The number of H-pyrrole nitrogens is 4. The van der Waals surface area contributed by atoms with Crippen LogP contribution in [0.25, 0.3) is 86.7 Å². The minimum atomic E-state index is -0.104. The molecule has 13 aromatic rings. The zero-order valence-electron chi connectivity index (χ0n) is 58.7. The van der Waals surface area contributed by atoms with Gasteiger partial charge in [0.1, 0.15) is 0 Å². The number of pyridine rings is 4. The molecule has 0 saturated heterocycles. The van der Waals surface area contributed by atoms with Crippen molar-refractivity contribution < 1.29 is 19.2 Å². The molecule has 0 atom stereocenters. The minimum absolute atomic E-state index is 0.00356. The van der Waals surface area contributed by atoms with Crippen molar-refractivity contribution in [2.45, 2.75) is 77.9 Å². The Kier molecular flexibility index (Phi) is 22.8. The van der Waals surface area contributed by atoms with E-state index in [2.05, 4.69) is 81.9 Å². The van der Waals surface area contributed by atoms with E-state index in [-0.39, 0.29) is 45.9 Å². The third kappa shape index (κ3) is 17.5. The van der Waals surface area contributed by atoms with Crippen LogP contribution in [-0.2, 0) is 32.3 Å². The topological polar surface area (TPSA) is 261 Å². The van der Waals surface area contributed by atoms with E-state index < -0.39 is 0 Å². The number of carbonyl (C=O) groups is 4. The van der Waals surface area contributed by atoms with Crippen LogP contribution < -0.4 is 43.5 Å². The van der Waals surface area contributed by atoms with Gasteiger partial charge >= 0.3 is 0 Å². The molecule has 20 nitrogen and oxygen atoms in total. The normalized spacial score (nSPS) is 13.0. The van der Waals surface area contributed by atoms with Crippen molar-refractivity contribution in [1.29, 1.82) is 0 Å². The van der Waals surface area contributed by atoms with E-state index in [1.807, 2.05) is 196 Å². The van der Waals surface area contributed by atoms with E-state index in [9.17, 15) is 38.4 Å². The third-order valence-electron chi connectivity index (χ3n) is 18.8. The molecular formula is C83H86N12O8. The Morgan fingerprint density at radius 1 is 0.379 bits per heavy atom. The number of benzene rings is 9. The van der Waals surface area contributed by atoms with Gasteiger partial charge in [-0.05, 0) is 190 Å². The molecule has 2 aliphatic rings. The van der Waals surface area contributed by atoms with Crippen molar-refractivity contribution in [3.63, 3.8) is 0 Å². The van der Waals surface area contributed by atoms with Crippen LogP contribution in [0, 0.1) is 0 Å². The van der Waals surface area contributed by atoms with E-state index in [1.54, 1.807) is 12.1 Å². The molecule has 0 spiro atoms. The Hall–Kier alpha value is -11.4. The van der Waals surface area contributed by atoms with Gasteiger partial charge in [-0.2, -0.15) is 0 Å². The molecule has 8 N–H and O–H groups in total. The summed E-state index contributed by atoms with van der Waals surface area (Å²) in [5, 5.41) is 21.7. The molecule has 1 saturated carbocycles. The fourth-order valence-electron chi connectivity index (χ4n) is 14.0. The zero-order valence-corrected chi connectivity index (χ0v) is 58.7. The average Bonchev–Trinajstić information content (AvgIpc) is 1.75. The summed E-state index contributed by atoms with van der Waals surface area (Å²) in [6.45, 7) is 9.15. The minimum Gasteiger partial charge on any atom is -0.325 e. The first-order valence-corrected chi connectivity index (χ1v) is 35.2. The van der Waals surface area contributed by atoms with E-state index in [0.717, 1.165) is 127 Å². The van der Waals surface area contributed by atoms with E-state index in [0.29, 0.717) is 53.8 Å². The first-order valence-electron chi connectivity index (χ1n) is 35.2. The van der Waals surface area contributed by atoms with Crippen LogP contribution >= 0.6 is 0 Å². The van der Waals surface area contributed by atoms with Crippen LogP contribution in [0.15, 0.2) is 213 Å². The lowest BCUT2D eigenvalue weighted by Crippen LogP contribution is -2.39. The lowest BCUT2D eigenvalue weighted by molar-refractivity contribution is -0.118. The van der Waals surface area contributed by atoms with Gasteiger partial charge in [0.15, 0.2) is 0 Å². The van der Waals surface area contributed by atoms with Crippen molar-refractivity contribution in [3.05, 3.63) is 247 Å². The molecule has 9 aromatic carbocycles. The summed E-state index contributed by atoms with van der Waals surface area (Å²) in [5.41, 5.74) is 8.18. The second-order valence-electron chi connectivity index (χ2n) is 26.9. The molecule has 4 amide bonds. The van der Waals surface area contributed by atoms with Crippen molar-refractivity contribution in [1.82, 2.24) is 39.5 Å². The molecule has 1 aliphatic carbocycles. The SMILES string of the molecule is CCCN(CCC)CC(=O)Nc1ccc2[nH]c(=O)c3ccccc3c2c1.CN(C)CC(=O)Nc1ccc2[nH]c(=O)c3ccccc3c2c1.CN(CC(=O)Nc1ccc2[nH]c(=O)c3ccccc3c2c1)C1CCCCC1.O=C(CN1Cc2ccccc2C1)Nc1ccc2[nH]c(=O)c3ccccc3c2c1. The predicted molar refractivity (Wildman–Crippen MR) is 418 cm³/mol. The summed E-state index contributed by atoms with van der Waals surface area (Å²) >= 11 is 0. The molecule has 4 aromatic heterocycles. The van der Waals surface area contributed by atoms with Crippen LogP contribution in [0.5, 0.6) is 0 Å². The van der Waals surface area contributed by atoms with Gasteiger partial charge in [0.2, 0.25) is 23.6 Å². The predicted octanol–water partition coefficient (Wildman–Crippen LogP) is 13.4. The number of aromatic nitrogens is 4. The van der Waals surface area contributed by atoms with Crippen molar-refractivity contribution >= 4 is 133 Å². The summed E-state index contributed by atoms with van der Waals surface area (Å²) < 4.78 is 0. The van der Waals surface area contributed by atoms with Crippen molar-refractivity contribution in [3.8, 4) is 0 Å². The number of carbonyl (C=O) groups excluding carboxylic acids is 4. The number of hydrogen-bond donors (Lipinski definition) is 8. The van der Waals surface area contributed by atoms with Gasteiger partial charge < -0.3 is 46.1 Å². The molecule has 20 heteroatoms. The molecule has 15 rings (SSSR count). The maximum atomic E-state index is 12.6. The number of nitrogens with one attached hydrogen (secondary N) is 8. The molecule has 1 aliphatic heterocycles. The molecule has 0 radical (unpaired) electrons. The number of anilines is 4. The number of amides is 4. The molecule has 0 unspecified atom stereocenters. The highest BCUT2D eigenvalue weighted by atomic mass is 16.2. The lowest BCUT2D eigenvalue weighted by atomic mass is 9.94. The molecule has 5 heterocycles. The molecule has 1 fully saturated rings. The highest BCUT2D eigenvalue weighted by molar-refractivity contribution is 6.11. The fourth-order valence-corrected chi connectivity index (χ4v) is 14.0. The number of likely N-dealkylation sites (N-methyl/N-ethyl adjacent to an activating group) is 2. The van der Waals surface area contributed by atoms with Gasteiger partial charge in [0.05, 0.1) is 26.2 Å². The quantitative estimate of drug-likeness (QED) is 0.0396. The highest BCUT2D eigenvalue weighted by Gasteiger charge is 2.23. The lowest BCUT2D eigenvalue weighted by Gasteiger charge is -2.30. The van der Waals surface area contributed by atoms with Crippen LogP contribution in [0.3, 0.4) is 0 Å². The second-order valence-corrected chi connectivity index (χ2v) is 26.9. The third-order valence-corrected chi connectivity index (χ3v) is 18.8. The van der Waals surface area contributed by atoms with Crippen molar-refractivity contribution in [2.24, 2.45) is 0 Å². The smallest absolute Gasteiger partial charge is 0.256 e. The summed E-state index contributed by atoms with van der Waals surface area (Å²) in [7, 11) is 5.73. The number of rotatable bonds is 17. The van der Waals surface area contributed by atoms with Crippen LogP contribution in [-0.4, -0.2) is 130 Å². The Balaban J connectivity index is 0.000000130. The first-order chi connectivity index (χ1) is 49.9. The number of aromatic amines is 4. The maximum absolute atomic E-state index is 12.6. The number of hydrogen-bond acceptors (Lipinski definition) is 12. The van der Waals surface area contributed by atoms with E-state index in [1.165, 1.54) is 43.2 Å². The average molecular weight is 1380 g/mol. The Morgan fingerprint density at radius 3 is 1.03 bits per heavy atom. The summed E-state index contributed by atoms with van der Waals surface area (Å²) in [6.07, 6.45) is 8.24. The Morgan fingerprint density at radius 2 is 0.689 bits per heavy atom. The zero-order chi connectivity index (χ0) is 72.1. The van der Waals surface area contributed by atoms with Gasteiger partial charge in [0.25, 0.3) is 22.2 Å². The van der Waals surface area contributed by atoms with Crippen LogP contribution in [0.2, 0.25) is 0 Å². The first kappa shape index (κ1) is 71.4. The summed E-state index contributed by atoms with van der Waals surface area (Å²) in [5.74, 6) is -0.130. The van der Waals surface area contributed by atoms with Gasteiger partial charge in [0, 0.05) is 107 Å². The maximum Gasteiger partial charge on any atom is 0.256 e. The second kappa shape index (κ2) is 32.9. The molecule has 103 heavy (non-hydrogen) atoms. The molecule has 0 bridgehead atoms. The largest absolute Gasteiger partial charge is 0.325 e. The highest BCUT2D eigenvalue weighted by Crippen LogP contribution is 2.30. The monoisotopic (exact) mass is 1380 g/mol. The Bertz CT molecular complexity index is 5530. The number of nitrogens with zero attached hydrogens (tertiary/aromatic N) is 4. The van der Waals surface area contributed by atoms with Gasteiger partial charge in [-0.15, -0.1) is 0 Å². The molecule has 526 valence electrons. The van der Waals surface area contributed by atoms with E-state index in [4.69, 9.17) is 0 Å². The van der Waals surface area contributed by atoms with Crippen LogP contribution in [0.1, 0.15) is 69.9 Å². The van der Waals surface area contributed by atoms with Crippen LogP contribution in [0.4, 0.5) is 22.7 Å². The fraction of sp³-hybridized carbons (Fsp3) is 0.253. The summed E-state index contributed by atoms with van der Waals surface area (Å²) in [4.78, 5) is 118. The molecular weight excluding hydrogens is 1290 g/mol. The standard InChI is InChI=1S/C23H19N3O2.C22H25N3O2.C21H25N3O2.C17H17N3O2/c27-22(14-26-12-15-5-1-2-6-16(15)13-26)24-17-9-10-21-20(11-17)18-7-3-4-8-19(18)23(28)25-21;1-25(16-7-3-2-4-8-16)14-21(26)23-15-11-12-20-19(13-15)17-9-5-6-10-18(17)22(27)24-20;1-3-11-24(12-4-2)14-20(25)22-15-9-10-19-18(13-15)16-7-5-6-8-17(16)21(26)23-19;1-20(2)10-16(21)18-11-7-8-15-14(9-11)12-5-3-4-6-13(12)17(22)19-15/h1-11H,12-14H2,(H,24,27)(H,25,28);5-6,9-13,16H,2-4,7-8,14H2,1H3,(H,23,26)(H,24,27);5-10,13H,3-4,11-12,14H2,1-2H3,(H,22,25)(H,23,26);3-9H,10H2,1-2H3,(H,18,21)(H,19,22). The van der Waals surface area contributed by atoms with Gasteiger partial charge in [-0.3, -0.25) is 53.1 Å². The number of fused-ring (bicyclic) bond motifs is 13. The summed E-state index contributed by atoms with van der Waals surface area (Å²) in [6, 6.07) is 61.1. The van der Waals surface area contributed by atoms with Gasteiger partial charge in [-0.25, -0.2) is 0 Å². The van der Waals surface area contributed by atoms with Crippen molar-refractivity contribution in [2.75, 3.05) is 81.7 Å². The van der Waals surface area contributed by atoms with E-state index >= 15 is 0 Å². The van der Waals surface area contributed by atoms with Gasteiger partial charge in [-0.1, -0.05) is 130 Å².